The van der Waals surface area contributed by atoms with Crippen molar-refractivity contribution in [2.24, 2.45) is 11.7 Å². The average Bonchev–Trinajstić information content (AvgIpc) is 1.97. The molecule has 0 spiro atoms. The number of hydrogen-bond acceptors (Lipinski definition) is 3. The van der Waals surface area contributed by atoms with E-state index < -0.39 is 18.0 Å². The standard InChI is InChI=1S/C9H15NO3/c1-5(2)7(8(10)11)13-9(12)6(3)4/h5,7H,3H2,1-2,4H3,(H2,10,11). The second kappa shape index (κ2) is 4.64. The highest BCUT2D eigenvalue weighted by molar-refractivity contribution is 5.90. The van der Waals surface area contributed by atoms with Gasteiger partial charge in [-0.05, 0) is 12.8 Å². The van der Waals surface area contributed by atoms with Crippen molar-refractivity contribution in [3.8, 4) is 0 Å². The molecule has 1 unspecified atom stereocenters. The van der Waals surface area contributed by atoms with Crippen LogP contribution in [0.25, 0.3) is 0 Å². The summed E-state index contributed by atoms with van der Waals surface area (Å²) in [6, 6.07) is 0. The molecule has 13 heavy (non-hydrogen) atoms. The number of nitrogens with two attached hydrogens (primary N) is 1. The molecular weight excluding hydrogens is 170 g/mol. The van der Waals surface area contributed by atoms with Crippen LogP contribution in [0.3, 0.4) is 0 Å². The quantitative estimate of drug-likeness (QED) is 0.515. The van der Waals surface area contributed by atoms with Gasteiger partial charge in [0.25, 0.3) is 5.91 Å². The molecule has 0 aliphatic heterocycles. The third-order valence-corrected chi connectivity index (χ3v) is 1.47. The van der Waals surface area contributed by atoms with Crippen LogP contribution in [0.1, 0.15) is 20.8 Å². The molecule has 4 heteroatoms. The molecule has 0 radical (unpaired) electrons. The zero-order valence-electron chi connectivity index (χ0n) is 8.16. The lowest BCUT2D eigenvalue weighted by Crippen LogP contribution is -2.37. The van der Waals surface area contributed by atoms with Crippen LogP contribution in [-0.4, -0.2) is 18.0 Å². The molecule has 0 saturated carbocycles. The molecule has 0 rings (SSSR count). The van der Waals surface area contributed by atoms with Crippen LogP contribution in [0.4, 0.5) is 0 Å². The first-order chi connectivity index (χ1) is 5.86. The monoisotopic (exact) mass is 185 g/mol. The molecule has 0 fully saturated rings. The Labute approximate surface area is 77.7 Å². The molecule has 74 valence electrons. The first-order valence-corrected chi connectivity index (χ1v) is 4.02. The summed E-state index contributed by atoms with van der Waals surface area (Å²) in [5.41, 5.74) is 5.30. The van der Waals surface area contributed by atoms with E-state index in [2.05, 4.69) is 6.58 Å². The minimum atomic E-state index is -0.871. The molecule has 1 amide bonds. The third kappa shape index (κ3) is 3.73. The fourth-order valence-corrected chi connectivity index (χ4v) is 0.739. The molecular formula is C9H15NO3. The molecule has 0 bridgehead atoms. The van der Waals surface area contributed by atoms with E-state index >= 15 is 0 Å². The van der Waals surface area contributed by atoms with E-state index in [0.717, 1.165) is 0 Å². The van der Waals surface area contributed by atoms with E-state index in [1.807, 2.05) is 0 Å². The Bertz CT molecular complexity index is 233. The maximum atomic E-state index is 11.0. The van der Waals surface area contributed by atoms with E-state index in [9.17, 15) is 9.59 Å². The number of amides is 1. The predicted octanol–water partition coefficient (Wildman–Crippen LogP) is 0.616. The predicted molar refractivity (Wildman–Crippen MR) is 48.7 cm³/mol. The Morgan fingerprint density at radius 2 is 1.85 bits per heavy atom. The van der Waals surface area contributed by atoms with Crippen LogP contribution in [0.15, 0.2) is 12.2 Å². The summed E-state index contributed by atoms with van der Waals surface area (Å²) >= 11 is 0. The van der Waals surface area contributed by atoms with Crippen molar-refractivity contribution in [2.75, 3.05) is 0 Å². The van der Waals surface area contributed by atoms with Gasteiger partial charge in [-0.2, -0.15) is 0 Å². The van der Waals surface area contributed by atoms with Crippen molar-refractivity contribution >= 4 is 11.9 Å². The van der Waals surface area contributed by atoms with E-state index in [1.165, 1.54) is 6.92 Å². The van der Waals surface area contributed by atoms with E-state index in [-0.39, 0.29) is 11.5 Å². The summed E-state index contributed by atoms with van der Waals surface area (Å²) in [6.45, 7) is 8.42. The Hall–Kier alpha value is -1.32. The summed E-state index contributed by atoms with van der Waals surface area (Å²) < 4.78 is 4.82. The lowest BCUT2D eigenvalue weighted by molar-refractivity contribution is -0.153. The molecule has 2 N–H and O–H groups in total. The summed E-state index contributed by atoms with van der Waals surface area (Å²) in [5.74, 6) is -1.34. The zero-order chi connectivity index (χ0) is 10.6. The van der Waals surface area contributed by atoms with Gasteiger partial charge in [-0.15, -0.1) is 0 Å². The number of carbonyl (C=O) groups excluding carboxylic acids is 2. The Morgan fingerprint density at radius 3 is 2.08 bits per heavy atom. The van der Waals surface area contributed by atoms with E-state index in [0.29, 0.717) is 0 Å². The number of ether oxygens (including phenoxy) is 1. The topological polar surface area (TPSA) is 69.4 Å². The van der Waals surface area contributed by atoms with Crippen LogP contribution >= 0.6 is 0 Å². The van der Waals surface area contributed by atoms with Gasteiger partial charge < -0.3 is 10.5 Å². The van der Waals surface area contributed by atoms with Crippen LogP contribution in [0.2, 0.25) is 0 Å². The highest BCUT2D eigenvalue weighted by atomic mass is 16.5. The molecule has 0 aliphatic carbocycles. The van der Waals surface area contributed by atoms with Gasteiger partial charge >= 0.3 is 5.97 Å². The maximum absolute atomic E-state index is 11.0. The SMILES string of the molecule is C=C(C)C(=O)OC(C(N)=O)C(C)C. The van der Waals surface area contributed by atoms with Gasteiger partial charge in [0.2, 0.25) is 0 Å². The second-order valence-corrected chi connectivity index (χ2v) is 3.25. The van der Waals surface area contributed by atoms with Crippen LogP contribution < -0.4 is 5.73 Å². The smallest absolute Gasteiger partial charge is 0.333 e. The van der Waals surface area contributed by atoms with Crippen molar-refractivity contribution in [3.63, 3.8) is 0 Å². The number of carbonyl (C=O) groups is 2. The summed E-state index contributed by atoms with van der Waals surface area (Å²) in [6.07, 6.45) is -0.871. The zero-order valence-corrected chi connectivity index (χ0v) is 8.16. The van der Waals surface area contributed by atoms with Crippen LogP contribution in [-0.2, 0) is 14.3 Å². The van der Waals surface area contributed by atoms with Gasteiger partial charge in [0.1, 0.15) is 0 Å². The van der Waals surface area contributed by atoms with Crippen molar-refractivity contribution in [2.45, 2.75) is 26.9 Å². The molecule has 4 nitrogen and oxygen atoms in total. The Kier molecular flexibility index (Phi) is 4.17. The molecule has 1 atom stereocenters. The molecule has 0 aromatic heterocycles. The summed E-state index contributed by atoms with van der Waals surface area (Å²) in [7, 11) is 0. The Balaban J connectivity index is 4.36. The van der Waals surface area contributed by atoms with E-state index in [4.69, 9.17) is 10.5 Å². The lowest BCUT2D eigenvalue weighted by atomic mass is 10.1. The van der Waals surface area contributed by atoms with Gasteiger partial charge in [0.05, 0.1) is 0 Å². The first-order valence-electron chi connectivity index (χ1n) is 4.02. The second-order valence-electron chi connectivity index (χ2n) is 3.25. The van der Waals surface area contributed by atoms with Crippen molar-refractivity contribution < 1.29 is 14.3 Å². The number of primary amides is 1. The van der Waals surface area contributed by atoms with Crippen molar-refractivity contribution in [1.82, 2.24) is 0 Å². The van der Waals surface area contributed by atoms with Crippen LogP contribution in [0.5, 0.6) is 0 Å². The van der Waals surface area contributed by atoms with Gasteiger partial charge in [0, 0.05) is 5.57 Å². The fraction of sp³-hybridized carbons (Fsp3) is 0.556. The average molecular weight is 185 g/mol. The maximum Gasteiger partial charge on any atom is 0.333 e. The number of hydrogen-bond donors (Lipinski definition) is 1. The lowest BCUT2D eigenvalue weighted by Gasteiger charge is -2.17. The fourth-order valence-electron chi connectivity index (χ4n) is 0.739. The van der Waals surface area contributed by atoms with Gasteiger partial charge in [-0.3, -0.25) is 4.79 Å². The number of rotatable bonds is 4. The summed E-state index contributed by atoms with van der Waals surface area (Å²) in [5, 5.41) is 0. The van der Waals surface area contributed by atoms with Crippen molar-refractivity contribution in [3.05, 3.63) is 12.2 Å². The number of esters is 1. The minimum absolute atomic E-state index is 0.124. The van der Waals surface area contributed by atoms with Gasteiger partial charge in [-0.25, -0.2) is 4.79 Å². The molecule has 0 aromatic carbocycles. The molecule has 0 aromatic rings. The highest BCUT2D eigenvalue weighted by Gasteiger charge is 2.23. The minimum Gasteiger partial charge on any atom is -0.449 e. The van der Waals surface area contributed by atoms with E-state index in [1.54, 1.807) is 13.8 Å². The van der Waals surface area contributed by atoms with Gasteiger partial charge in [-0.1, -0.05) is 20.4 Å². The Morgan fingerprint density at radius 1 is 1.38 bits per heavy atom. The normalized spacial score (nSPS) is 12.3. The molecule has 0 aliphatic rings. The highest BCUT2D eigenvalue weighted by Crippen LogP contribution is 2.08. The largest absolute Gasteiger partial charge is 0.449 e. The first kappa shape index (κ1) is 11.7. The van der Waals surface area contributed by atoms with Crippen molar-refractivity contribution in [1.29, 1.82) is 0 Å². The molecule has 0 saturated heterocycles. The van der Waals surface area contributed by atoms with Crippen LogP contribution in [0, 0.1) is 5.92 Å². The third-order valence-electron chi connectivity index (χ3n) is 1.47. The molecule has 0 heterocycles. The summed E-state index contributed by atoms with van der Waals surface area (Å²) in [4.78, 5) is 21.8. The van der Waals surface area contributed by atoms with Gasteiger partial charge in [0.15, 0.2) is 6.10 Å².